The predicted octanol–water partition coefficient (Wildman–Crippen LogP) is 1.90. The average molecular weight is 269 g/mol. The van der Waals surface area contributed by atoms with E-state index < -0.39 is 0 Å². The molecule has 0 bridgehead atoms. The maximum atomic E-state index is 9.22. The van der Waals surface area contributed by atoms with Gasteiger partial charge in [-0.3, -0.25) is 4.98 Å². The van der Waals surface area contributed by atoms with E-state index in [1.54, 1.807) is 0 Å². The van der Waals surface area contributed by atoms with E-state index in [0.717, 1.165) is 31.7 Å². The van der Waals surface area contributed by atoms with E-state index in [4.69, 9.17) is 0 Å². The van der Waals surface area contributed by atoms with Gasteiger partial charge in [-0.15, -0.1) is 0 Å². The van der Waals surface area contributed by atoms with Crippen LogP contribution in [0.25, 0.3) is 0 Å². The molecule has 2 heterocycles. The molecule has 1 aromatic heterocycles. The molecule has 0 aliphatic carbocycles. The molecule has 1 fully saturated rings. The SMILES string of the molecule is OCc1cccc(N2CCN(c3ccncc3)CC2)c1. The van der Waals surface area contributed by atoms with Gasteiger partial charge in [0.15, 0.2) is 0 Å². The molecule has 0 atom stereocenters. The van der Waals surface area contributed by atoms with Crippen molar-refractivity contribution in [1.82, 2.24) is 4.98 Å². The van der Waals surface area contributed by atoms with E-state index in [2.05, 4.69) is 39.0 Å². The molecule has 1 aliphatic heterocycles. The van der Waals surface area contributed by atoms with Gasteiger partial charge in [0.25, 0.3) is 0 Å². The summed E-state index contributed by atoms with van der Waals surface area (Å²) in [6, 6.07) is 12.3. The highest BCUT2D eigenvalue weighted by molar-refractivity contribution is 5.52. The number of aromatic nitrogens is 1. The van der Waals surface area contributed by atoms with Crippen LogP contribution in [0.2, 0.25) is 0 Å². The van der Waals surface area contributed by atoms with Crippen molar-refractivity contribution < 1.29 is 5.11 Å². The maximum Gasteiger partial charge on any atom is 0.0682 e. The van der Waals surface area contributed by atoms with Crippen LogP contribution in [-0.2, 0) is 6.61 Å². The Bertz CT molecular complexity index is 551. The molecular formula is C16H19N3O. The number of hydrogen-bond donors (Lipinski definition) is 1. The van der Waals surface area contributed by atoms with Crippen LogP contribution in [0.5, 0.6) is 0 Å². The maximum absolute atomic E-state index is 9.22. The van der Waals surface area contributed by atoms with Crippen LogP contribution in [0.4, 0.5) is 11.4 Å². The highest BCUT2D eigenvalue weighted by Crippen LogP contribution is 2.20. The van der Waals surface area contributed by atoms with Crippen LogP contribution >= 0.6 is 0 Å². The molecule has 0 saturated carbocycles. The Kier molecular flexibility index (Phi) is 3.83. The molecule has 1 aliphatic rings. The van der Waals surface area contributed by atoms with Crippen molar-refractivity contribution in [3.8, 4) is 0 Å². The number of benzene rings is 1. The lowest BCUT2D eigenvalue weighted by Crippen LogP contribution is -2.46. The van der Waals surface area contributed by atoms with Gasteiger partial charge in [-0.25, -0.2) is 0 Å². The number of aliphatic hydroxyl groups is 1. The lowest BCUT2D eigenvalue weighted by atomic mass is 10.1. The quantitative estimate of drug-likeness (QED) is 0.924. The van der Waals surface area contributed by atoms with Crippen molar-refractivity contribution in [2.24, 2.45) is 0 Å². The van der Waals surface area contributed by atoms with Crippen LogP contribution in [-0.4, -0.2) is 36.3 Å². The molecule has 0 spiro atoms. The van der Waals surface area contributed by atoms with Crippen LogP contribution in [0.1, 0.15) is 5.56 Å². The number of pyridine rings is 1. The second-order valence-electron chi connectivity index (χ2n) is 5.01. The zero-order chi connectivity index (χ0) is 13.8. The van der Waals surface area contributed by atoms with E-state index in [9.17, 15) is 5.11 Å². The monoisotopic (exact) mass is 269 g/mol. The minimum Gasteiger partial charge on any atom is -0.392 e. The highest BCUT2D eigenvalue weighted by Gasteiger charge is 2.17. The van der Waals surface area contributed by atoms with E-state index in [1.165, 1.54) is 11.4 Å². The average Bonchev–Trinajstić information content (AvgIpc) is 2.56. The molecule has 0 unspecified atom stereocenters. The molecule has 4 nitrogen and oxygen atoms in total. The Morgan fingerprint density at radius 2 is 1.55 bits per heavy atom. The largest absolute Gasteiger partial charge is 0.392 e. The summed E-state index contributed by atoms with van der Waals surface area (Å²) in [5, 5.41) is 9.22. The number of aliphatic hydroxyl groups excluding tert-OH is 1. The summed E-state index contributed by atoms with van der Waals surface area (Å²) in [7, 11) is 0. The van der Waals surface area contributed by atoms with E-state index in [-0.39, 0.29) is 6.61 Å². The van der Waals surface area contributed by atoms with Gasteiger partial charge in [0, 0.05) is 49.9 Å². The number of rotatable bonds is 3. The van der Waals surface area contributed by atoms with Gasteiger partial charge in [0.05, 0.1) is 6.61 Å². The molecule has 1 saturated heterocycles. The van der Waals surface area contributed by atoms with Gasteiger partial charge in [0.1, 0.15) is 0 Å². The Balaban J connectivity index is 1.66. The summed E-state index contributed by atoms with van der Waals surface area (Å²) in [5.74, 6) is 0. The van der Waals surface area contributed by atoms with E-state index >= 15 is 0 Å². The van der Waals surface area contributed by atoms with Crippen molar-refractivity contribution in [2.45, 2.75) is 6.61 Å². The van der Waals surface area contributed by atoms with Crippen molar-refractivity contribution in [3.05, 3.63) is 54.4 Å². The third-order valence-corrected chi connectivity index (χ3v) is 3.77. The zero-order valence-corrected chi connectivity index (χ0v) is 11.4. The summed E-state index contributed by atoms with van der Waals surface area (Å²) in [6.07, 6.45) is 3.68. The standard InChI is InChI=1S/C16H19N3O/c20-13-14-2-1-3-16(12-14)19-10-8-18(9-11-19)15-4-6-17-7-5-15/h1-7,12,20H,8-11,13H2. The minimum absolute atomic E-state index is 0.102. The van der Waals surface area contributed by atoms with Gasteiger partial charge in [-0.05, 0) is 29.8 Å². The van der Waals surface area contributed by atoms with Crippen LogP contribution in [0.15, 0.2) is 48.8 Å². The second kappa shape index (κ2) is 5.92. The van der Waals surface area contributed by atoms with E-state index in [0.29, 0.717) is 0 Å². The first-order valence-electron chi connectivity index (χ1n) is 6.96. The molecule has 3 rings (SSSR count). The van der Waals surface area contributed by atoms with Gasteiger partial charge >= 0.3 is 0 Å². The summed E-state index contributed by atoms with van der Waals surface area (Å²) in [5.41, 5.74) is 3.41. The summed E-state index contributed by atoms with van der Waals surface area (Å²) in [4.78, 5) is 8.82. The number of nitrogens with zero attached hydrogens (tertiary/aromatic N) is 3. The number of hydrogen-bond acceptors (Lipinski definition) is 4. The predicted molar refractivity (Wildman–Crippen MR) is 81.0 cm³/mol. The molecule has 1 aromatic carbocycles. The highest BCUT2D eigenvalue weighted by atomic mass is 16.3. The molecule has 0 amide bonds. The minimum atomic E-state index is 0.102. The molecule has 2 aromatic rings. The molecule has 0 radical (unpaired) electrons. The van der Waals surface area contributed by atoms with Gasteiger partial charge in [0.2, 0.25) is 0 Å². The fourth-order valence-electron chi connectivity index (χ4n) is 2.63. The summed E-state index contributed by atoms with van der Waals surface area (Å²) < 4.78 is 0. The van der Waals surface area contributed by atoms with Gasteiger partial charge in [-0.2, -0.15) is 0 Å². The lowest BCUT2D eigenvalue weighted by molar-refractivity contribution is 0.282. The Morgan fingerprint density at radius 1 is 0.900 bits per heavy atom. The Hall–Kier alpha value is -2.07. The summed E-state index contributed by atoms with van der Waals surface area (Å²) >= 11 is 0. The number of anilines is 2. The van der Waals surface area contributed by atoms with Crippen LogP contribution < -0.4 is 9.80 Å². The van der Waals surface area contributed by atoms with Gasteiger partial charge < -0.3 is 14.9 Å². The van der Waals surface area contributed by atoms with Crippen LogP contribution in [0.3, 0.4) is 0 Å². The van der Waals surface area contributed by atoms with E-state index in [1.807, 2.05) is 24.5 Å². The molecule has 20 heavy (non-hydrogen) atoms. The molecular weight excluding hydrogens is 250 g/mol. The summed E-state index contributed by atoms with van der Waals surface area (Å²) in [6.45, 7) is 4.11. The fraction of sp³-hybridized carbons (Fsp3) is 0.312. The third-order valence-electron chi connectivity index (χ3n) is 3.77. The van der Waals surface area contributed by atoms with Gasteiger partial charge in [-0.1, -0.05) is 12.1 Å². The lowest BCUT2D eigenvalue weighted by Gasteiger charge is -2.37. The first kappa shape index (κ1) is 12.9. The van der Waals surface area contributed by atoms with Crippen molar-refractivity contribution >= 4 is 11.4 Å². The fourth-order valence-corrected chi connectivity index (χ4v) is 2.63. The third kappa shape index (κ3) is 2.75. The second-order valence-corrected chi connectivity index (χ2v) is 5.01. The van der Waals surface area contributed by atoms with Crippen molar-refractivity contribution in [1.29, 1.82) is 0 Å². The zero-order valence-electron chi connectivity index (χ0n) is 11.4. The molecule has 1 N–H and O–H groups in total. The normalized spacial score (nSPS) is 15.4. The smallest absolute Gasteiger partial charge is 0.0682 e. The Labute approximate surface area is 119 Å². The number of piperazine rings is 1. The first-order chi connectivity index (χ1) is 9.86. The van der Waals surface area contributed by atoms with Crippen LogP contribution in [0, 0.1) is 0 Å². The molecule has 104 valence electrons. The topological polar surface area (TPSA) is 39.6 Å². The first-order valence-corrected chi connectivity index (χ1v) is 6.96. The van der Waals surface area contributed by atoms with Crippen molar-refractivity contribution in [3.63, 3.8) is 0 Å². The molecule has 4 heteroatoms. The van der Waals surface area contributed by atoms with Crippen molar-refractivity contribution in [2.75, 3.05) is 36.0 Å². The Morgan fingerprint density at radius 3 is 2.20 bits per heavy atom.